The van der Waals surface area contributed by atoms with Crippen LogP contribution in [0.25, 0.3) is 10.8 Å². The van der Waals surface area contributed by atoms with Crippen LogP contribution in [0, 0.1) is 5.92 Å². The molecule has 1 heterocycles. The lowest BCUT2D eigenvalue weighted by atomic mass is 10.1. The molecule has 1 saturated carbocycles. The number of pyridine rings is 1. The Labute approximate surface area is 123 Å². The number of hydrogen-bond donors (Lipinski definition) is 2. The van der Waals surface area contributed by atoms with Gasteiger partial charge >= 0.3 is 5.97 Å². The molecular formula is C16H18N2O3. The largest absolute Gasteiger partial charge is 0.497 e. The van der Waals surface area contributed by atoms with Crippen molar-refractivity contribution in [3.63, 3.8) is 0 Å². The van der Waals surface area contributed by atoms with Crippen molar-refractivity contribution in [2.75, 3.05) is 12.4 Å². The Bertz CT molecular complexity index is 668. The van der Waals surface area contributed by atoms with Crippen molar-refractivity contribution in [3.05, 3.63) is 30.5 Å². The summed E-state index contributed by atoms with van der Waals surface area (Å²) < 4.78 is 5.26. The number of ether oxygens (including phenoxy) is 1. The van der Waals surface area contributed by atoms with Crippen LogP contribution in [-0.4, -0.2) is 29.2 Å². The summed E-state index contributed by atoms with van der Waals surface area (Å²) in [6.45, 7) is 0. The fourth-order valence-electron chi connectivity index (χ4n) is 2.59. The Morgan fingerprint density at radius 1 is 1.48 bits per heavy atom. The van der Waals surface area contributed by atoms with Gasteiger partial charge in [0.1, 0.15) is 11.6 Å². The predicted molar refractivity (Wildman–Crippen MR) is 80.7 cm³/mol. The van der Waals surface area contributed by atoms with Gasteiger partial charge in [0.15, 0.2) is 0 Å². The quantitative estimate of drug-likeness (QED) is 0.854. The van der Waals surface area contributed by atoms with Crippen LogP contribution in [0.1, 0.15) is 19.3 Å². The third-order valence-corrected chi connectivity index (χ3v) is 3.88. The summed E-state index contributed by atoms with van der Waals surface area (Å²) in [4.78, 5) is 15.4. The molecule has 3 rings (SSSR count). The molecule has 2 N–H and O–H groups in total. The number of nitrogens with zero attached hydrogens (tertiary/aromatic N) is 1. The van der Waals surface area contributed by atoms with Gasteiger partial charge in [0, 0.05) is 17.6 Å². The summed E-state index contributed by atoms with van der Waals surface area (Å²) in [5.74, 6) is 1.14. The monoisotopic (exact) mass is 286 g/mol. The van der Waals surface area contributed by atoms with Crippen LogP contribution in [0.5, 0.6) is 5.75 Å². The van der Waals surface area contributed by atoms with Crippen LogP contribution in [-0.2, 0) is 4.79 Å². The number of methoxy groups -OCH3 is 1. The standard InChI is InChI=1S/C16H18N2O3/c1-21-12-5-4-10-6-7-17-16(13(10)8-12)18-14(9-15(19)20)11-2-3-11/h4-8,11,14H,2-3,9H2,1H3,(H,17,18)(H,19,20). The lowest BCUT2D eigenvalue weighted by Crippen LogP contribution is -2.25. The maximum absolute atomic E-state index is 11.0. The first-order valence-electron chi connectivity index (χ1n) is 7.08. The minimum absolute atomic E-state index is 0.0631. The topological polar surface area (TPSA) is 71.5 Å². The van der Waals surface area contributed by atoms with Crippen LogP contribution in [0.4, 0.5) is 5.82 Å². The fourth-order valence-corrected chi connectivity index (χ4v) is 2.59. The summed E-state index contributed by atoms with van der Waals surface area (Å²) in [7, 11) is 1.63. The van der Waals surface area contributed by atoms with Crippen molar-refractivity contribution in [1.82, 2.24) is 4.98 Å². The number of carbonyl (C=O) groups is 1. The van der Waals surface area contributed by atoms with E-state index >= 15 is 0 Å². The van der Waals surface area contributed by atoms with E-state index in [9.17, 15) is 4.79 Å². The summed E-state index contributed by atoms with van der Waals surface area (Å²) in [5, 5.41) is 14.4. The fraction of sp³-hybridized carbons (Fsp3) is 0.375. The third-order valence-electron chi connectivity index (χ3n) is 3.88. The number of benzene rings is 1. The Hall–Kier alpha value is -2.30. The number of hydrogen-bond acceptors (Lipinski definition) is 4. The van der Waals surface area contributed by atoms with Gasteiger partial charge in [0.2, 0.25) is 0 Å². The van der Waals surface area contributed by atoms with E-state index in [-0.39, 0.29) is 12.5 Å². The first kappa shape index (κ1) is 13.7. The van der Waals surface area contributed by atoms with Crippen molar-refractivity contribution in [3.8, 4) is 5.75 Å². The first-order valence-corrected chi connectivity index (χ1v) is 7.08. The van der Waals surface area contributed by atoms with Gasteiger partial charge in [-0.1, -0.05) is 6.07 Å². The molecule has 1 atom stereocenters. The van der Waals surface area contributed by atoms with Crippen molar-refractivity contribution in [2.45, 2.75) is 25.3 Å². The van der Waals surface area contributed by atoms with Gasteiger partial charge < -0.3 is 15.2 Å². The number of carboxylic acid groups (broad SMARTS) is 1. The van der Waals surface area contributed by atoms with Gasteiger partial charge in [-0.25, -0.2) is 4.98 Å². The molecule has 110 valence electrons. The SMILES string of the molecule is COc1ccc2ccnc(NC(CC(=O)O)C3CC3)c2c1. The van der Waals surface area contributed by atoms with Crippen LogP contribution in [0.3, 0.4) is 0 Å². The lowest BCUT2D eigenvalue weighted by molar-refractivity contribution is -0.137. The van der Waals surface area contributed by atoms with E-state index in [4.69, 9.17) is 9.84 Å². The minimum atomic E-state index is -0.780. The van der Waals surface area contributed by atoms with E-state index in [0.717, 1.165) is 35.2 Å². The van der Waals surface area contributed by atoms with Crippen molar-refractivity contribution < 1.29 is 14.6 Å². The van der Waals surface area contributed by atoms with Crippen LogP contribution >= 0.6 is 0 Å². The van der Waals surface area contributed by atoms with Gasteiger partial charge in [0.05, 0.1) is 13.5 Å². The Balaban J connectivity index is 1.93. The van der Waals surface area contributed by atoms with E-state index in [1.165, 1.54) is 0 Å². The molecule has 0 bridgehead atoms. The maximum Gasteiger partial charge on any atom is 0.305 e. The molecule has 1 aliphatic rings. The molecule has 1 aliphatic carbocycles. The second-order valence-corrected chi connectivity index (χ2v) is 5.43. The summed E-state index contributed by atoms with van der Waals surface area (Å²) in [6.07, 6.45) is 4.02. The van der Waals surface area contributed by atoms with Crippen LogP contribution < -0.4 is 10.1 Å². The molecule has 1 aromatic carbocycles. The third kappa shape index (κ3) is 3.07. The number of aliphatic carboxylic acids is 1. The molecule has 1 fully saturated rings. The molecule has 0 saturated heterocycles. The van der Waals surface area contributed by atoms with Gasteiger partial charge in [-0.2, -0.15) is 0 Å². The van der Waals surface area contributed by atoms with Crippen molar-refractivity contribution >= 4 is 22.6 Å². The van der Waals surface area contributed by atoms with Crippen LogP contribution in [0.2, 0.25) is 0 Å². The highest BCUT2D eigenvalue weighted by Gasteiger charge is 2.33. The van der Waals surface area contributed by atoms with E-state index in [1.54, 1.807) is 13.3 Å². The van der Waals surface area contributed by atoms with Crippen LogP contribution in [0.15, 0.2) is 30.5 Å². The molecule has 2 aromatic rings. The Morgan fingerprint density at radius 2 is 2.29 bits per heavy atom. The van der Waals surface area contributed by atoms with Gasteiger partial charge in [0.25, 0.3) is 0 Å². The number of rotatable bonds is 6. The Kier molecular flexibility index (Phi) is 3.64. The molecular weight excluding hydrogens is 268 g/mol. The Morgan fingerprint density at radius 3 is 2.95 bits per heavy atom. The zero-order valence-corrected chi connectivity index (χ0v) is 11.9. The number of carboxylic acids is 1. The molecule has 0 radical (unpaired) electrons. The summed E-state index contributed by atoms with van der Waals surface area (Å²) in [5.41, 5.74) is 0. The summed E-state index contributed by atoms with van der Waals surface area (Å²) in [6, 6.07) is 7.68. The maximum atomic E-state index is 11.0. The van der Waals surface area contributed by atoms with E-state index in [2.05, 4.69) is 10.3 Å². The molecule has 5 nitrogen and oxygen atoms in total. The smallest absolute Gasteiger partial charge is 0.305 e. The highest BCUT2D eigenvalue weighted by Crippen LogP contribution is 2.36. The highest BCUT2D eigenvalue weighted by atomic mass is 16.5. The minimum Gasteiger partial charge on any atom is -0.497 e. The van der Waals surface area contributed by atoms with E-state index in [1.807, 2.05) is 24.3 Å². The molecule has 0 amide bonds. The summed E-state index contributed by atoms with van der Waals surface area (Å²) >= 11 is 0. The van der Waals surface area contributed by atoms with Gasteiger partial charge in [-0.3, -0.25) is 4.79 Å². The molecule has 1 aromatic heterocycles. The molecule has 5 heteroatoms. The molecule has 0 spiro atoms. The average molecular weight is 286 g/mol. The van der Waals surface area contributed by atoms with Crippen molar-refractivity contribution in [2.24, 2.45) is 5.92 Å². The second-order valence-electron chi connectivity index (χ2n) is 5.43. The number of nitrogens with one attached hydrogen (secondary N) is 1. The zero-order valence-electron chi connectivity index (χ0n) is 11.9. The molecule has 0 aliphatic heterocycles. The molecule has 21 heavy (non-hydrogen) atoms. The lowest BCUT2D eigenvalue weighted by Gasteiger charge is -2.18. The number of aromatic nitrogens is 1. The van der Waals surface area contributed by atoms with E-state index in [0.29, 0.717) is 5.92 Å². The second kappa shape index (κ2) is 5.60. The number of fused-ring (bicyclic) bond motifs is 1. The number of anilines is 1. The predicted octanol–water partition coefficient (Wildman–Crippen LogP) is 2.91. The van der Waals surface area contributed by atoms with Gasteiger partial charge in [-0.15, -0.1) is 0 Å². The molecule has 1 unspecified atom stereocenters. The highest BCUT2D eigenvalue weighted by molar-refractivity contribution is 5.93. The zero-order chi connectivity index (χ0) is 14.8. The first-order chi connectivity index (χ1) is 10.2. The van der Waals surface area contributed by atoms with E-state index < -0.39 is 5.97 Å². The normalized spacial score (nSPS) is 15.7. The average Bonchev–Trinajstić information content (AvgIpc) is 3.30. The van der Waals surface area contributed by atoms with Crippen molar-refractivity contribution in [1.29, 1.82) is 0 Å². The van der Waals surface area contributed by atoms with Gasteiger partial charge in [-0.05, 0) is 42.3 Å².